The first-order valence-corrected chi connectivity index (χ1v) is 6.80. The number of aromatic nitrogens is 1. The van der Waals surface area contributed by atoms with Crippen LogP contribution in [0.15, 0.2) is 18.5 Å². The van der Waals surface area contributed by atoms with Crippen LogP contribution in [0.4, 0.5) is 0 Å². The van der Waals surface area contributed by atoms with Gasteiger partial charge in [-0.2, -0.15) is 0 Å². The molecule has 2 N–H and O–H groups in total. The minimum Gasteiger partial charge on any atom is -0.390 e. The van der Waals surface area contributed by atoms with Gasteiger partial charge in [0.15, 0.2) is 0 Å². The molecule has 0 amide bonds. The third-order valence-electron chi connectivity index (χ3n) is 2.82. The maximum atomic E-state index is 10.3. The molecule has 0 aliphatic carbocycles. The number of pyridine rings is 1. The van der Waals surface area contributed by atoms with Crippen molar-refractivity contribution in [1.82, 2.24) is 10.3 Å². The molecule has 0 aromatic carbocycles. The van der Waals surface area contributed by atoms with Crippen LogP contribution in [0, 0.1) is 5.92 Å². The maximum absolute atomic E-state index is 10.3. The van der Waals surface area contributed by atoms with E-state index in [-0.39, 0.29) is 0 Å². The van der Waals surface area contributed by atoms with E-state index in [9.17, 15) is 5.11 Å². The molecule has 0 spiro atoms. The fraction of sp³-hybridized carbons (Fsp3) is 0.643. The molecule has 3 nitrogen and oxygen atoms in total. The summed E-state index contributed by atoms with van der Waals surface area (Å²) >= 11 is 6.04. The third kappa shape index (κ3) is 5.80. The van der Waals surface area contributed by atoms with Crippen molar-refractivity contribution in [3.05, 3.63) is 29.0 Å². The predicted molar refractivity (Wildman–Crippen MR) is 75.9 cm³/mol. The van der Waals surface area contributed by atoms with E-state index < -0.39 is 5.60 Å². The van der Waals surface area contributed by atoms with Gasteiger partial charge in [0.2, 0.25) is 0 Å². The first-order valence-electron chi connectivity index (χ1n) is 6.42. The molecular weight excluding hydrogens is 248 g/mol. The second-order valence-electron chi connectivity index (χ2n) is 5.49. The summed E-state index contributed by atoms with van der Waals surface area (Å²) in [4.78, 5) is 3.94. The molecule has 1 rings (SSSR count). The molecular formula is C14H23ClN2O. The van der Waals surface area contributed by atoms with E-state index in [0.29, 0.717) is 23.8 Å². The Morgan fingerprint density at radius 2 is 2.22 bits per heavy atom. The summed E-state index contributed by atoms with van der Waals surface area (Å²) in [7, 11) is 0. The van der Waals surface area contributed by atoms with Gasteiger partial charge in [-0.25, -0.2) is 0 Å². The van der Waals surface area contributed by atoms with E-state index in [2.05, 4.69) is 24.1 Å². The van der Waals surface area contributed by atoms with Gasteiger partial charge in [-0.1, -0.05) is 25.4 Å². The summed E-state index contributed by atoms with van der Waals surface area (Å²) in [6.07, 6.45) is 4.58. The summed E-state index contributed by atoms with van der Waals surface area (Å²) in [5, 5.41) is 14.3. The Morgan fingerprint density at radius 3 is 2.83 bits per heavy atom. The summed E-state index contributed by atoms with van der Waals surface area (Å²) in [5.41, 5.74) is 0.204. The van der Waals surface area contributed by atoms with Crippen LogP contribution in [-0.4, -0.2) is 28.8 Å². The van der Waals surface area contributed by atoms with E-state index in [1.54, 1.807) is 12.4 Å². The molecule has 18 heavy (non-hydrogen) atoms. The number of nitrogens with one attached hydrogen (secondary N) is 1. The van der Waals surface area contributed by atoms with Crippen LogP contribution in [-0.2, 0) is 6.42 Å². The zero-order valence-electron chi connectivity index (χ0n) is 11.4. The molecule has 1 unspecified atom stereocenters. The second-order valence-corrected chi connectivity index (χ2v) is 5.90. The van der Waals surface area contributed by atoms with Crippen molar-refractivity contribution in [3.8, 4) is 0 Å². The molecule has 1 heterocycles. The molecule has 0 fully saturated rings. The summed E-state index contributed by atoms with van der Waals surface area (Å²) in [5.74, 6) is 0.629. The minimum atomic E-state index is -0.741. The van der Waals surface area contributed by atoms with Gasteiger partial charge in [-0.3, -0.25) is 4.98 Å². The molecule has 102 valence electrons. The van der Waals surface area contributed by atoms with Crippen molar-refractivity contribution in [1.29, 1.82) is 0 Å². The maximum Gasteiger partial charge on any atom is 0.0672 e. The fourth-order valence-corrected chi connectivity index (χ4v) is 1.98. The van der Waals surface area contributed by atoms with Crippen LogP contribution in [0.2, 0.25) is 5.02 Å². The standard InChI is InChI=1S/C14H23ClN2O/c1-11(2)9-17-7-5-14(3,18)8-12-4-6-16-10-13(12)15/h4,6,10-11,17-18H,5,7-9H2,1-3H3. The van der Waals surface area contributed by atoms with E-state index in [1.807, 2.05) is 13.0 Å². The van der Waals surface area contributed by atoms with Crippen molar-refractivity contribution in [3.63, 3.8) is 0 Å². The van der Waals surface area contributed by atoms with Gasteiger partial charge in [-0.15, -0.1) is 0 Å². The smallest absolute Gasteiger partial charge is 0.0672 e. The van der Waals surface area contributed by atoms with Crippen LogP contribution < -0.4 is 5.32 Å². The Labute approximate surface area is 115 Å². The fourth-order valence-electron chi connectivity index (χ4n) is 1.79. The van der Waals surface area contributed by atoms with Crippen molar-refractivity contribution in [2.24, 2.45) is 5.92 Å². The first-order chi connectivity index (χ1) is 8.41. The average molecular weight is 271 g/mol. The van der Waals surface area contributed by atoms with Crippen LogP contribution in [0.3, 0.4) is 0 Å². The zero-order chi connectivity index (χ0) is 13.6. The molecule has 0 saturated heterocycles. The Morgan fingerprint density at radius 1 is 1.50 bits per heavy atom. The summed E-state index contributed by atoms with van der Waals surface area (Å²) < 4.78 is 0. The molecule has 1 aromatic heterocycles. The zero-order valence-corrected chi connectivity index (χ0v) is 12.2. The lowest BCUT2D eigenvalue weighted by Crippen LogP contribution is -2.33. The largest absolute Gasteiger partial charge is 0.390 e. The van der Waals surface area contributed by atoms with Crippen LogP contribution in [0.1, 0.15) is 32.8 Å². The van der Waals surface area contributed by atoms with Gasteiger partial charge in [0.1, 0.15) is 0 Å². The van der Waals surface area contributed by atoms with Crippen LogP contribution >= 0.6 is 11.6 Å². The van der Waals surface area contributed by atoms with E-state index >= 15 is 0 Å². The molecule has 0 saturated carbocycles. The number of hydrogen-bond donors (Lipinski definition) is 2. The Bertz CT molecular complexity index is 367. The SMILES string of the molecule is CC(C)CNCCC(C)(O)Cc1ccncc1Cl. The molecule has 0 radical (unpaired) electrons. The summed E-state index contributed by atoms with van der Waals surface area (Å²) in [6.45, 7) is 7.98. The quantitative estimate of drug-likeness (QED) is 0.749. The third-order valence-corrected chi connectivity index (χ3v) is 3.16. The van der Waals surface area contributed by atoms with Gasteiger partial charge >= 0.3 is 0 Å². The van der Waals surface area contributed by atoms with Crippen molar-refractivity contribution in [2.75, 3.05) is 13.1 Å². The van der Waals surface area contributed by atoms with Gasteiger partial charge in [0.05, 0.1) is 10.6 Å². The Balaban J connectivity index is 2.42. The van der Waals surface area contributed by atoms with E-state index in [4.69, 9.17) is 11.6 Å². The lowest BCUT2D eigenvalue weighted by atomic mass is 9.93. The average Bonchev–Trinajstić information content (AvgIpc) is 2.27. The second kappa shape index (κ2) is 7.07. The topological polar surface area (TPSA) is 45.1 Å². The highest BCUT2D eigenvalue weighted by Crippen LogP contribution is 2.21. The predicted octanol–water partition coefficient (Wildman–Crippen LogP) is 2.66. The number of halogens is 1. The number of nitrogens with zero attached hydrogens (tertiary/aromatic N) is 1. The lowest BCUT2D eigenvalue weighted by molar-refractivity contribution is 0.0514. The number of aliphatic hydroxyl groups is 1. The van der Waals surface area contributed by atoms with Crippen molar-refractivity contribution < 1.29 is 5.11 Å². The van der Waals surface area contributed by atoms with Gasteiger partial charge in [0.25, 0.3) is 0 Å². The summed E-state index contributed by atoms with van der Waals surface area (Å²) in [6, 6.07) is 1.86. The van der Waals surface area contributed by atoms with Gasteiger partial charge in [-0.05, 0) is 44.0 Å². The minimum absolute atomic E-state index is 0.553. The van der Waals surface area contributed by atoms with Gasteiger partial charge in [0, 0.05) is 18.8 Å². The monoisotopic (exact) mass is 270 g/mol. The Hall–Kier alpha value is -0.640. The van der Waals surface area contributed by atoms with E-state index in [0.717, 1.165) is 18.7 Å². The lowest BCUT2D eigenvalue weighted by Gasteiger charge is -2.24. The highest BCUT2D eigenvalue weighted by Gasteiger charge is 2.21. The first kappa shape index (κ1) is 15.4. The molecule has 0 aliphatic rings. The van der Waals surface area contributed by atoms with Crippen LogP contribution in [0.5, 0.6) is 0 Å². The molecule has 0 bridgehead atoms. The highest BCUT2D eigenvalue weighted by molar-refractivity contribution is 6.31. The van der Waals surface area contributed by atoms with Gasteiger partial charge < -0.3 is 10.4 Å². The van der Waals surface area contributed by atoms with Crippen molar-refractivity contribution >= 4 is 11.6 Å². The molecule has 4 heteroatoms. The molecule has 1 aromatic rings. The highest BCUT2D eigenvalue weighted by atomic mass is 35.5. The van der Waals surface area contributed by atoms with Crippen LogP contribution in [0.25, 0.3) is 0 Å². The normalized spacial score (nSPS) is 14.8. The van der Waals surface area contributed by atoms with Crippen molar-refractivity contribution in [2.45, 2.75) is 39.2 Å². The Kier molecular flexibility index (Phi) is 6.06. The number of hydrogen-bond acceptors (Lipinski definition) is 3. The molecule has 1 atom stereocenters. The molecule has 0 aliphatic heterocycles. The van der Waals surface area contributed by atoms with E-state index in [1.165, 1.54) is 0 Å². The number of rotatable bonds is 7.